The van der Waals surface area contributed by atoms with E-state index in [0.29, 0.717) is 0 Å². The third-order valence-electron chi connectivity index (χ3n) is 3.65. The smallest absolute Gasteiger partial charge is 0.319 e. The summed E-state index contributed by atoms with van der Waals surface area (Å²) in [5.74, 6) is -1.49. The molecule has 3 amide bonds. The van der Waals surface area contributed by atoms with Crippen LogP contribution in [0.15, 0.2) is 46.9 Å². The first-order chi connectivity index (χ1) is 12.8. The van der Waals surface area contributed by atoms with Crippen LogP contribution in [0.1, 0.15) is 24.1 Å². The summed E-state index contributed by atoms with van der Waals surface area (Å²) >= 11 is 3.37. The standard InChI is InChI=1S/C18H19BrFN5O2/c1-10(11-3-2-4-12(19)7-11)24-16(26)9-23-18(27)25-13-5-6-14(17(21)22)15(20)8-13/h2-8,10H,9H2,1H3,(H3,21,22)(H,24,26)(H2,23,25,27). The van der Waals surface area contributed by atoms with Gasteiger partial charge in [0.15, 0.2) is 0 Å². The lowest BCUT2D eigenvalue weighted by Gasteiger charge is -2.15. The number of benzene rings is 2. The molecule has 0 bridgehead atoms. The van der Waals surface area contributed by atoms with Gasteiger partial charge in [0.2, 0.25) is 5.91 Å². The van der Waals surface area contributed by atoms with E-state index in [0.717, 1.165) is 16.1 Å². The minimum absolute atomic E-state index is 0.0538. The number of hydrogen-bond donors (Lipinski definition) is 5. The first kappa shape index (κ1) is 20.4. The van der Waals surface area contributed by atoms with E-state index in [-0.39, 0.29) is 29.7 Å². The lowest BCUT2D eigenvalue weighted by atomic mass is 10.1. The first-order valence-corrected chi connectivity index (χ1v) is 8.79. The molecule has 6 N–H and O–H groups in total. The van der Waals surface area contributed by atoms with E-state index in [1.807, 2.05) is 31.2 Å². The van der Waals surface area contributed by atoms with Crippen molar-refractivity contribution < 1.29 is 14.0 Å². The van der Waals surface area contributed by atoms with Gasteiger partial charge in [0.1, 0.15) is 11.7 Å². The number of anilines is 1. The van der Waals surface area contributed by atoms with Gasteiger partial charge in [-0.15, -0.1) is 0 Å². The van der Waals surface area contributed by atoms with Crippen LogP contribution in [0.4, 0.5) is 14.9 Å². The second-order valence-corrected chi connectivity index (χ2v) is 6.68. The van der Waals surface area contributed by atoms with E-state index in [1.165, 1.54) is 12.1 Å². The van der Waals surface area contributed by atoms with Crippen LogP contribution in [-0.2, 0) is 4.79 Å². The molecule has 1 unspecified atom stereocenters. The molecule has 9 heteroatoms. The highest BCUT2D eigenvalue weighted by atomic mass is 79.9. The van der Waals surface area contributed by atoms with Crippen LogP contribution in [0.5, 0.6) is 0 Å². The minimum Gasteiger partial charge on any atom is -0.384 e. The van der Waals surface area contributed by atoms with Crippen LogP contribution >= 0.6 is 15.9 Å². The zero-order valence-electron chi connectivity index (χ0n) is 14.5. The summed E-state index contributed by atoms with van der Waals surface area (Å²) in [5, 5.41) is 14.8. The topological polar surface area (TPSA) is 120 Å². The molecule has 0 saturated heterocycles. The summed E-state index contributed by atoms with van der Waals surface area (Å²) in [7, 11) is 0. The fourth-order valence-corrected chi connectivity index (χ4v) is 2.72. The molecule has 0 aliphatic rings. The molecule has 2 aromatic rings. The number of amides is 3. The Morgan fingerprint density at radius 1 is 1.26 bits per heavy atom. The predicted molar refractivity (Wildman–Crippen MR) is 105 cm³/mol. The molecule has 0 spiro atoms. The Kier molecular flexibility index (Phi) is 6.89. The van der Waals surface area contributed by atoms with Crippen molar-refractivity contribution in [3.63, 3.8) is 0 Å². The molecule has 1 atom stereocenters. The maximum atomic E-state index is 13.7. The van der Waals surface area contributed by atoms with Crippen LogP contribution in [-0.4, -0.2) is 24.3 Å². The van der Waals surface area contributed by atoms with E-state index < -0.39 is 17.7 Å². The summed E-state index contributed by atoms with van der Waals surface area (Å²) < 4.78 is 14.6. The summed E-state index contributed by atoms with van der Waals surface area (Å²) in [6.45, 7) is 1.59. The van der Waals surface area contributed by atoms with Gasteiger partial charge in [0, 0.05) is 10.2 Å². The largest absolute Gasteiger partial charge is 0.384 e. The van der Waals surface area contributed by atoms with E-state index in [9.17, 15) is 14.0 Å². The van der Waals surface area contributed by atoms with Crippen molar-refractivity contribution in [2.75, 3.05) is 11.9 Å². The van der Waals surface area contributed by atoms with E-state index in [4.69, 9.17) is 11.1 Å². The Hall–Kier alpha value is -2.94. The highest BCUT2D eigenvalue weighted by molar-refractivity contribution is 9.10. The molecule has 0 aliphatic carbocycles. The van der Waals surface area contributed by atoms with Gasteiger partial charge in [-0.1, -0.05) is 28.1 Å². The zero-order chi connectivity index (χ0) is 20.0. The van der Waals surface area contributed by atoms with Gasteiger partial charge in [-0.2, -0.15) is 0 Å². The van der Waals surface area contributed by atoms with Crippen LogP contribution in [0, 0.1) is 11.2 Å². The zero-order valence-corrected chi connectivity index (χ0v) is 16.1. The molecule has 7 nitrogen and oxygen atoms in total. The molecule has 0 saturated carbocycles. The second kappa shape index (κ2) is 9.13. The molecule has 0 aliphatic heterocycles. The third kappa shape index (κ3) is 6.07. The predicted octanol–water partition coefficient (Wildman–Crippen LogP) is 2.87. The van der Waals surface area contributed by atoms with Gasteiger partial charge in [0.25, 0.3) is 0 Å². The number of rotatable bonds is 6. The van der Waals surface area contributed by atoms with E-state index in [1.54, 1.807) is 0 Å². The van der Waals surface area contributed by atoms with Gasteiger partial charge in [0.05, 0.1) is 18.2 Å². The van der Waals surface area contributed by atoms with Crippen molar-refractivity contribution in [3.8, 4) is 0 Å². The monoisotopic (exact) mass is 435 g/mol. The molecule has 0 fully saturated rings. The fraction of sp³-hybridized carbons (Fsp3) is 0.167. The number of nitrogens with one attached hydrogen (secondary N) is 4. The Bertz CT molecular complexity index is 875. The number of halogens is 2. The highest BCUT2D eigenvalue weighted by Gasteiger charge is 2.12. The van der Waals surface area contributed by atoms with Crippen molar-refractivity contribution >= 4 is 39.4 Å². The minimum atomic E-state index is -0.721. The third-order valence-corrected chi connectivity index (χ3v) is 4.15. The maximum Gasteiger partial charge on any atom is 0.319 e. The van der Waals surface area contributed by atoms with Crippen molar-refractivity contribution in [1.29, 1.82) is 5.41 Å². The number of amidine groups is 1. The van der Waals surface area contributed by atoms with Crippen molar-refractivity contribution in [2.24, 2.45) is 5.73 Å². The molecule has 0 aromatic heterocycles. The SMILES string of the molecule is CC(NC(=O)CNC(=O)Nc1ccc(C(=N)N)c(F)c1)c1cccc(Br)c1. The van der Waals surface area contributed by atoms with Gasteiger partial charge in [-0.25, -0.2) is 9.18 Å². The summed E-state index contributed by atoms with van der Waals surface area (Å²) in [5.41, 5.74) is 6.28. The Labute approximate surface area is 164 Å². The van der Waals surface area contributed by atoms with Gasteiger partial charge >= 0.3 is 6.03 Å². The van der Waals surface area contributed by atoms with Crippen molar-refractivity contribution in [1.82, 2.24) is 10.6 Å². The number of urea groups is 1. The van der Waals surface area contributed by atoms with E-state index in [2.05, 4.69) is 31.9 Å². The molecular formula is C18H19BrFN5O2. The molecule has 2 rings (SSSR count). The van der Waals surface area contributed by atoms with Crippen LogP contribution < -0.4 is 21.7 Å². The normalized spacial score (nSPS) is 11.4. The Morgan fingerprint density at radius 2 is 2.00 bits per heavy atom. The van der Waals surface area contributed by atoms with Gasteiger partial charge in [-0.05, 0) is 42.8 Å². The van der Waals surface area contributed by atoms with Crippen molar-refractivity contribution in [2.45, 2.75) is 13.0 Å². The quantitative estimate of drug-likeness (QED) is 0.354. The highest BCUT2D eigenvalue weighted by Crippen LogP contribution is 2.17. The molecule has 0 radical (unpaired) electrons. The summed E-state index contributed by atoms with van der Waals surface area (Å²) in [4.78, 5) is 23.8. The van der Waals surface area contributed by atoms with Crippen LogP contribution in [0.2, 0.25) is 0 Å². The summed E-state index contributed by atoms with van der Waals surface area (Å²) in [6.07, 6.45) is 0. The van der Waals surface area contributed by atoms with Gasteiger partial charge < -0.3 is 21.7 Å². The number of carbonyl (C=O) groups is 2. The Balaban J connectivity index is 1.83. The average Bonchev–Trinajstić information content (AvgIpc) is 2.59. The summed E-state index contributed by atoms with van der Waals surface area (Å²) in [6, 6.07) is 10.4. The van der Waals surface area contributed by atoms with Crippen molar-refractivity contribution in [3.05, 3.63) is 63.9 Å². The number of carbonyl (C=O) groups excluding carboxylic acids is 2. The molecule has 0 heterocycles. The lowest BCUT2D eigenvalue weighted by molar-refractivity contribution is -0.120. The fourth-order valence-electron chi connectivity index (χ4n) is 2.30. The second-order valence-electron chi connectivity index (χ2n) is 5.76. The Morgan fingerprint density at radius 3 is 2.63 bits per heavy atom. The molecule has 142 valence electrons. The lowest BCUT2D eigenvalue weighted by Crippen LogP contribution is -2.39. The van der Waals surface area contributed by atoms with E-state index >= 15 is 0 Å². The average molecular weight is 436 g/mol. The maximum absolute atomic E-state index is 13.7. The van der Waals surface area contributed by atoms with Crippen LogP contribution in [0.3, 0.4) is 0 Å². The molecule has 27 heavy (non-hydrogen) atoms. The van der Waals surface area contributed by atoms with Crippen LogP contribution in [0.25, 0.3) is 0 Å². The van der Waals surface area contributed by atoms with Gasteiger partial charge in [-0.3, -0.25) is 10.2 Å². The molecule has 2 aromatic carbocycles. The molecular weight excluding hydrogens is 417 g/mol. The number of nitrogens with two attached hydrogens (primary N) is 1. The first-order valence-electron chi connectivity index (χ1n) is 8.00. The number of nitrogen functional groups attached to an aromatic ring is 1. The number of hydrogen-bond acceptors (Lipinski definition) is 3.